The van der Waals surface area contributed by atoms with Crippen LogP contribution in [0.15, 0.2) is 29.3 Å². The van der Waals surface area contributed by atoms with Crippen LogP contribution >= 0.6 is 0 Å². The van der Waals surface area contributed by atoms with E-state index in [0.717, 1.165) is 5.56 Å². The molecule has 8 nitrogen and oxygen atoms in total. The molecule has 0 bridgehead atoms. The molecule has 0 amide bonds. The molecule has 0 aliphatic carbocycles. The first-order valence-electron chi connectivity index (χ1n) is 8.84. The first-order valence-corrected chi connectivity index (χ1v) is 12.3. The predicted molar refractivity (Wildman–Crippen MR) is 108 cm³/mol. The molecule has 1 aromatic carbocycles. The van der Waals surface area contributed by atoms with Gasteiger partial charge in [0.25, 0.3) is 0 Å². The minimum atomic E-state index is -3.42. The van der Waals surface area contributed by atoms with Gasteiger partial charge >= 0.3 is 0 Å². The third kappa shape index (κ3) is 7.11. The summed E-state index contributed by atoms with van der Waals surface area (Å²) in [7, 11) is -4.78. The van der Waals surface area contributed by atoms with E-state index in [9.17, 15) is 16.8 Å². The van der Waals surface area contributed by atoms with Gasteiger partial charge in [-0.15, -0.1) is 0 Å². The number of nitrogens with one attached hydrogen (secondary N) is 3. The zero-order valence-electron chi connectivity index (χ0n) is 15.9. The van der Waals surface area contributed by atoms with E-state index in [1.807, 2.05) is 12.1 Å². The number of sulfone groups is 1. The van der Waals surface area contributed by atoms with Crippen molar-refractivity contribution in [3.8, 4) is 0 Å². The van der Waals surface area contributed by atoms with Gasteiger partial charge in [-0.05, 0) is 31.4 Å². The van der Waals surface area contributed by atoms with Gasteiger partial charge in [-0.1, -0.05) is 24.3 Å². The molecule has 10 heteroatoms. The fraction of sp³-hybridized carbons (Fsp3) is 0.588. The lowest BCUT2D eigenvalue weighted by atomic mass is 10.1. The van der Waals surface area contributed by atoms with Gasteiger partial charge in [-0.2, -0.15) is 0 Å². The largest absolute Gasteiger partial charge is 0.353 e. The summed E-state index contributed by atoms with van der Waals surface area (Å²) in [6, 6.07) is 6.98. The number of hydrogen-bond donors (Lipinski definition) is 3. The molecule has 1 atom stereocenters. The summed E-state index contributed by atoms with van der Waals surface area (Å²) in [6.45, 7) is 3.94. The normalized spacial score (nSPS) is 20.0. The van der Waals surface area contributed by atoms with Crippen molar-refractivity contribution in [3.63, 3.8) is 0 Å². The molecule has 27 heavy (non-hydrogen) atoms. The van der Waals surface area contributed by atoms with Crippen molar-refractivity contribution >= 4 is 25.8 Å². The third-order valence-electron chi connectivity index (χ3n) is 4.12. The average Bonchev–Trinajstić information content (AvgIpc) is 2.89. The summed E-state index contributed by atoms with van der Waals surface area (Å²) in [5, 5.41) is 6.25. The monoisotopic (exact) mass is 416 g/mol. The van der Waals surface area contributed by atoms with Crippen LogP contribution in [0.1, 0.15) is 31.4 Å². The molecule has 1 saturated heterocycles. The van der Waals surface area contributed by atoms with Crippen LogP contribution in [-0.4, -0.2) is 53.4 Å². The molecule has 1 aliphatic heterocycles. The van der Waals surface area contributed by atoms with Crippen LogP contribution in [-0.2, 0) is 32.2 Å². The van der Waals surface area contributed by atoms with Gasteiger partial charge in [-0.3, -0.25) is 4.99 Å². The summed E-state index contributed by atoms with van der Waals surface area (Å²) >= 11 is 0. The highest BCUT2D eigenvalue weighted by atomic mass is 32.2. The smallest absolute Gasteiger partial charge is 0.216 e. The lowest BCUT2D eigenvalue weighted by Gasteiger charge is -2.17. The van der Waals surface area contributed by atoms with Gasteiger partial charge in [0.1, 0.15) is 0 Å². The SMILES string of the molecule is CN=C(NCc1ccccc1CS(=O)(=O)NC(C)C)NC1CCS(=O)(=O)C1. The molecule has 3 N–H and O–H groups in total. The molecule has 0 radical (unpaired) electrons. The Morgan fingerprint density at radius 1 is 1.26 bits per heavy atom. The molecule has 2 rings (SSSR count). The summed E-state index contributed by atoms with van der Waals surface area (Å²) in [5.74, 6) is 0.680. The van der Waals surface area contributed by atoms with Crippen molar-refractivity contribution < 1.29 is 16.8 Å². The minimum absolute atomic E-state index is 0.101. The zero-order chi connectivity index (χ0) is 20.1. The van der Waals surface area contributed by atoms with Crippen LogP contribution in [0.3, 0.4) is 0 Å². The van der Waals surface area contributed by atoms with E-state index >= 15 is 0 Å². The maximum absolute atomic E-state index is 12.2. The second-order valence-electron chi connectivity index (χ2n) is 6.97. The molecular formula is C17H28N4O4S2. The highest BCUT2D eigenvalue weighted by Crippen LogP contribution is 2.13. The van der Waals surface area contributed by atoms with Gasteiger partial charge in [0.15, 0.2) is 15.8 Å². The quantitative estimate of drug-likeness (QED) is 0.437. The van der Waals surface area contributed by atoms with Crippen molar-refractivity contribution in [2.24, 2.45) is 4.99 Å². The van der Waals surface area contributed by atoms with E-state index in [1.54, 1.807) is 33.0 Å². The van der Waals surface area contributed by atoms with Gasteiger partial charge in [0.05, 0.1) is 17.3 Å². The van der Waals surface area contributed by atoms with E-state index < -0.39 is 19.9 Å². The second kappa shape index (κ2) is 9.03. The van der Waals surface area contributed by atoms with Crippen LogP contribution in [0.4, 0.5) is 0 Å². The zero-order valence-corrected chi connectivity index (χ0v) is 17.5. The Balaban J connectivity index is 2.01. The fourth-order valence-electron chi connectivity index (χ4n) is 2.95. The number of nitrogens with zero attached hydrogens (tertiary/aromatic N) is 1. The summed E-state index contributed by atoms with van der Waals surface area (Å²) in [5.41, 5.74) is 1.55. The second-order valence-corrected chi connectivity index (χ2v) is 11.0. The Hall–Kier alpha value is -1.65. The molecule has 1 aliphatic rings. The van der Waals surface area contributed by atoms with Crippen LogP contribution in [0.25, 0.3) is 0 Å². The van der Waals surface area contributed by atoms with Crippen molar-refractivity contribution in [3.05, 3.63) is 35.4 Å². The first kappa shape index (κ1) is 21.6. The molecule has 0 aromatic heterocycles. The van der Waals surface area contributed by atoms with Gasteiger partial charge in [0.2, 0.25) is 10.0 Å². The van der Waals surface area contributed by atoms with E-state index in [-0.39, 0.29) is 29.3 Å². The van der Waals surface area contributed by atoms with Gasteiger partial charge in [0, 0.05) is 25.7 Å². The maximum atomic E-state index is 12.2. The maximum Gasteiger partial charge on any atom is 0.216 e. The number of sulfonamides is 1. The molecule has 1 fully saturated rings. The van der Waals surface area contributed by atoms with Crippen molar-refractivity contribution in [2.45, 2.75) is 44.6 Å². The Morgan fingerprint density at radius 3 is 2.48 bits per heavy atom. The number of benzene rings is 1. The minimum Gasteiger partial charge on any atom is -0.353 e. The average molecular weight is 417 g/mol. The third-order valence-corrected chi connectivity index (χ3v) is 7.41. The lowest BCUT2D eigenvalue weighted by molar-refractivity contribution is 0.568. The predicted octanol–water partition coefficient (Wildman–Crippen LogP) is 0.367. The Morgan fingerprint density at radius 2 is 1.93 bits per heavy atom. The van der Waals surface area contributed by atoms with E-state index in [0.29, 0.717) is 24.5 Å². The van der Waals surface area contributed by atoms with E-state index in [2.05, 4.69) is 20.3 Å². The Kier molecular flexibility index (Phi) is 7.24. The van der Waals surface area contributed by atoms with Crippen molar-refractivity contribution in [1.29, 1.82) is 0 Å². The van der Waals surface area contributed by atoms with Crippen LogP contribution in [0.5, 0.6) is 0 Å². The highest BCUT2D eigenvalue weighted by molar-refractivity contribution is 7.91. The van der Waals surface area contributed by atoms with Crippen LogP contribution in [0.2, 0.25) is 0 Å². The lowest BCUT2D eigenvalue weighted by Crippen LogP contribution is -2.43. The molecule has 0 saturated carbocycles. The fourth-order valence-corrected chi connectivity index (χ4v) is 6.12. The molecule has 152 valence electrons. The number of aliphatic imine (C=N–C) groups is 1. The van der Waals surface area contributed by atoms with E-state index in [4.69, 9.17) is 0 Å². The van der Waals surface area contributed by atoms with Crippen molar-refractivity contribution in [1.82, 2.24) is 15.4 Å². The standard InChI is InChI=1S/C17H28N4O4S2/c1-13(2)21-27(24,25)11-15-7-5-4-6-14(15)10-19-17(18-3)20-16-8-9-26(22,23)12-16/h4-7,13,16,21H,8-12H2,1-3H3,(H2,18,19,20). The molecule has 1 aromatic rings. The topological polar surface area (TPSA) is 117 Å². The van der Waals surface area contributed by atoms with E-state index in [1.165, 1.54) is 0 Å². The van der Waals surface area contributed by atoms with Gasteiger partial charge < -0.3 is 10.6 Å². The highest BCUT2D eigenvalue weighted by Gasteiger charge is 2.28. The molecule has 1 heterocycles. The summed E-state index contributed by atoms with van der Waals surface area (Å²) in [6.07, 6.45) is 0.554. The first-order chi connectivity index (χ1) is 12.6. The Bertz CT molecular complexity index is 880. The van der Waals surface area contributed by atoms with Crippen LogP contribution < -0.4 is 15.4 Å². The number of hydrogen-bond acceptors (Lipinski definition) is 5. The molecule has 0 spiro atoms. The van der Waals surface area contributed by atoms with Crippen LogP contribution in [0, 0.1) is 0 Å². The number of guanidine groups is 1. The molecular weight excluding hydrogens is 388 g/mol. The van der Waals surface area contributed by atoms with Crippen molar-refractivity contribution in [2.75, 3.05) is 18.6 Å². The molecule has 1 unspecified atom stereocenters. The van der Waals surface area contributed by atoms with Gasteiger partial charge in [-0.25, -0.2) is 21.6 Å². The number of rotatable bonds is 7. The Labute approximate surface area is 161 Å². The summed E-state index contributed by atoms with van der Waals surface area (Å²) < 4.78 is 50.2. The summed E-state index contributed by atoms with van der Waals surface area (Å²) in [4.78, 5) is 4.13.